The molecular formula is C11H11BrN4O2. The van der Waals surface area contributed by atoms with Crippen molar-refractivity contribution in [3.8, 4) is 0 Å². The molecule has 0 aliphatic heterocycles. The van der Waals surface area contributed by atoms with E-state index in [-0.39, 0.29) is 5.69 Å². The van der Waals surface area contributed by atoms with Crippen LogP contribution >= 0.6 is 15.9 Å². The van der Waals surface area contributed by atoms with E-state index in [4.69, 9.17) is 5.11 Å². The van der Waals surface area contributed by atoms with E-state index in [1.54, 1.807) is 6.07 Å². The molecule has 0 aromatic carbocycles. The Labute approximate surface area is 111 Å². The standard InChI is InChI=1S/C11H11BrN4O2/c12-10-9(11(17)18)14-8-5-4-7(15-16(8)10)13-6-2-1-3-6/h4-6H,1-3H2,(H,13,15)(H,17,18). The molecule has 0 saturated heterocycles. The number of carboxylic acids is 1. The van der Waals surface area contributed by atoms with E-state index in [1.165, 1.54) is 10.9 Å². The summed E-state index contributed by atoms with van der Waals surface area (Å²) in [5.41, 5.74) is 0.488. The second-order valence-corrected chi connectivity index (χ2v) is 5.07. The Kier molecular flexibility index (Phi) is 2.70. The van der Waals surface area contributed by atoms with Gasteiger partial charge in [-0.15, -0.1) is 5.10 Å². The highest BCUT2D eigenvalue weighted by molar-refractivity contribution is 9.10. The average Bonchev–Trinajstić information content (AvgIpc) is 2.62. The normalized spacial score (nSPS) is 15.6. The van der Waals surface area contributed by atoms with E-state index in [0.29, 0.717) is 16.3 Å². The van der Waals surface area contributed by atoms with Crippen molar-refractivity contribution in [1.29, 1.82) is 0 Å². The summed E-state index contributed by atoms with van der Waals surface area (Å²) in [6.07, 6.45) is 3.56. The molecule has 6 nitrogen and oxygen atoms in total. The molecule has 1 saturated carbocycles. The molecule has 0 unspecified atom stereocenters. The van der Waals surface area contributed by atoms with Crippen LogP contribution in [0.4, 0.5) is 5.82 Å². The fourth-order valence-corrected chi connectivity index (χ4v) is 2.40. The van der Waals surface area contributed by atoms with Gasteiger partial charge in [0.05, 0.1) is 0 Å². The number of hydrogen-bond donors (Lipinski definition) is 2. The topological polar surface area (TPSA) is 79.5 Å². The second kappa shape index (κ2) is 4.24. The van der Waals surface area contributed by atoms with Crippen LogP contribution in [-0.4, -0.2) is 31.7 Å². The molecule has 0 amide bonds. The largest absolute Gasteiger partial charge is 0.476 e. The van der Waals surface area contributed by atoms with Gasteiger partial charge in [-0.3, -0.25) is 0 Å². The zero-order valence-corrected chi connectivity index (χ0v) is 11.0. The van der Waals surface area contributed by atoms with Gasteiger partial charge in [0.25, 0.3) is 0 Å². The van der Waals surface area contributed by atoms with Crippen molar-refractivity contribution in [2.75, 3.05) is 5.32 Å². The maximum atomic E-state index is 11.0. The van der Waals surface area contributed by atoms with Crippen molar-refractivity contribution in [2.45, 2.75) is 25.3 Å². The number of halogens is 1. The molecule has 1 aliphatic carbocycles. The molecule has 0 spiro atoms. The summed E-state index contributed by atoms with van der Waals surface area (Å²) in [7, 11) is 0. The number of carboxylic acid groups (broad SMARTS) is 1. The number of carbonyl (C=O) groups is 1. The lowest BCUT2D eigenvalue weighted by atomic mass is 9.93. The van der Waals surface area contributed by atoms with Gasteiger partial charge in [-0.2, -0.15) is 0 Å². The zero-order chi connectivity index (χ0) is 12.7. The molecule has 94 valence electrons. The van der Waals surface area contributed by atoms with Crippen LogP contribution in [0.1, 0.15) is 29.8 Å². The number of rotatable bonds is 3. The highest BCUT2D eigenvalue weighted by Crippen LogP contribution is 2.23. The second-order valence-electron chi connectivity index (χ2n) is 4.32. The lowest BCUT2D eigenvalue weighted by Gasteiger charge is -2.26. The third-order valence-corrected chi connectivity index (χ3v) is 3.79. The maximum Gasteiger partial charge on any atom is 0.357 e. The summed E-state index contributed by atoms with van der Waals surface area (Å²) < 4.78 is 1.85. The fraction of sp³-hybridized carbons (Fsp3) is 0.364. The number of fused-ring (bicyclic) bond motifs is 1. The first-order valence-electron chi connectivity index (χ1n) is 5.70. The minimum absolute atomic E-state index is 0.0247. The average molecular weight is 311 g/mol. The fourth-order valence-electron chi connectivity index (χ4n) is 1.88. The Morgan fingerprint density at radius 2 is 2.28 bits per heavy atom. The van der Waals surface area contributed by atoms with Crippen LogP contribution in [-0.2, 0) is 0 Å². The van der Waals surface area contributed by atoms with Crippen LogP contribution in [0.2, 0.25) is 0 Å². The molecule has 0 radical (unpaired) electrons. The summed E-state index contributed by atoms with van der Waals surface area (Å²) >= 11 is 3.21. The Balaban J connectivity index is 1.99. The van der Waals surface area contributed by atoms with E-state index in [1.807, 2.05) is 6.07 Å². The monoisotopic (exact) mass is 310 g/mol. The van der Waals surface area contributed by atoms with Crippen molar-refractivity contribution >= 4 is 33.4 Å². The van der Waals surface area contributed by atoms with Crippen LogP contribution in [0.5, 0.6) is 0 Å². The Morgan fingerprint density at radius 3 is 2.89 bits per heavy atom. The highest BCUT2D eigenvalue weighted by atomic mass is 79.9. The number of aromatic nitrogens is 3. The number of nitrogens with zero attached hydrogens (tertiary/aromatic N) is 3. The van der Waals surface area contributed by atoms with E-state index >= 15 is 0 Å². The Morgan fingerprint density at radius 1 is 1.50 bits per heavy atom. The van der Waals surface area contributed by atoms with Gasteiger partial charge < -0.3 is 10.4 Å². The lowest BCUT2D eigenvalue weighted by Crippen LogP contribution is -2.27. The molecule has 2 aromatic rings. The minimum atomic E-state index is -1.07. The smallest absolute Gasteiger partial charge is 0.357 e. The van der Waals surface area contributed by atoms with Gasteiger partial charge in [0, 0.05) is 6.04 Å². The van der Waals surface area contributed by atoms with Gasteiger partial charge in [0.1, 0.15) is 10.4 Å². The molecule has 0 atom stereocenters. The Bertz CT molecular complexity index is 621. The summed E-state index contributed by atoms with van der Waals surface area (Å²) in [6.45, 7) is 0. The van der Waals surface area contributed by atoms with Crippen LogP contribution in [0.15, 0.2) is 16.7 Å². The highest BCUT2D eigenvalue weighted by Gasteiger charge is 2.19. The van der Waals surface area contributed by atoms with Crippen LogP contribution < -0.4 is 5.32 Å². The number of imidazole rings is 1. The van der Waals surface area contributed by atoms with E-state index < -0.39 is 5.97 Å². The molecule has 2 aromatic heterocycles. The van der Waals surface area contributed by atoms with E-state index in [2.05, 4.69) is 31.3 Å². The van der Waals surface area contributed by atoms with Crippen LogP contribution in [0.3, 0.4) is 0 Å². The predicted molar refractivity (Wildman–Crippen MR) is 68.9 cm³/mol. The molecule has 18 heavy (non-hydrogen) atoms. The number of hydrogen-bond acceptors (Lipinski definition) is 4. The van der Waals surface area contributed by atoms with Gasteiger partial charge in [-0.25, -0.2) is 14.3 Å². The first-order chi connectivity index (χ1) is 8.65. The minimum Gasteiger partial charge on any atom is -0.476 e. The molecule has 7 heteroatoms. The molecule has 2 heterocycles. The van der Waals surface area contributed by atoms with Gasteiger partial charge >= 0.3 is 5.97 Å². The van der Waals surface area contributed by atoms with Gasteiger partial charge in [0.2, 0.25) is 0 Å². The summed E-state index contributed by atoms with van der Waals surface area (Å²) in [5, 5.41) is 16.6. The first-order valence-corrected chi connectivity index (χ1v) is 6.49. The number of nitrogens with one attached hydrogen (secondary N) is 1. The van der Waals surface area contributed by atoms with Crippen LogP contribution in [0.25, 0.3) is 5.65 Å². The SMILES string of the molecule is O=C(O)c1nc2ccc(NC3CCC3)nn2c1Br. The third-order valence-electron chi connectivity index (χ3n) is 3.08. The van der Waals surface area contributed by atoms with Gasteiger partial charge in [-0.05, 0) is 47.3 Å². The van der Waals surface area contributed by atoms with Gasteiger partial charge in [-0.1, -0.05) is 0 Å². The van der Waals surface area contributed by atoms with Crippen molar-refractivity contribution < 1.29 is 9.90 Å². The number of aromatic carboxylic acids is 1. The lowest BCUT2D eigenvalue weighted by molar-refractivity contribution is 0.0690. The van der Waals surface area contributed by atoms with Crippen molar-refractivity contribution in [1.82, 2.24) is 14.6 Å². The molecule has 2 N–H and O–H groups in total. The molecular weight excluding hydrogens is 300 g/mol. The van der Waals surface area contributed by atoms with E-state index in [0.717, 1.165) is 18.7 Å². The summed E-state index contributed by atoms with van der Waals surface area (Å²) in [4.78, 5) is 15.0. The zero-order valence-electron chi connectivity index (χ0n) is 9.43. The molecule has 3 rings (SSSR count). The van der Waals surface area contributed by atoms with Crippen molar-refractivity contribution in [3.05, 3.63) is 22.4 Å². The Hall–Kier alpha value is -1.63. The van der Waals surface area contributed by atoms with Crippen molar-refractivity contribution in [2.24, 2.45) is 0 Å². The maximum absolute atomic E-state index is 11.0. The predicted octanol–water partition coefficient (Wildman–Crippen LogP) is 2.15. The first kappa shape index (κ1) is 11.5. The summed E-state index contributed by atoms with van der Waals surface area (Å²) in [6, 6.07) is 4.06. The third kappa shape index (κ3) is 1.84. The summed E-state index contributed by atoms with van der Waals surface area (Å²) in [5.74, 6) is -0.330. The van der Waals surface area contributed by atoms with Crippen LogP contribution in [0, 0.1) is 0 Å². The van der Waals surface area contributed by atoms with Gasteiger partial charge in [0.15, 0.2) is 11.3 Å². The molecule has 0 bridgehead atoms. The quantitative estimate of drug-likeness (QED) is 0.908. The molecule has 1 aliphatic rings. The van der Waals surface area contributed by atoms with E-state index in [9.17, 15) is 4.79 Å². The van der Waals surface area contributed by atoms with Crippen molar-refractivity contribution in [3.63, 3.8) is 0 Å². The molecule has 1 fully saturated rings. The number of anilines is 1.